The quantitative estimate of drug-likeness (QED) is 0.366. The Kier molecular flexibility index (Phi) is 8.03. The van der Waals surface area contributed by atoms with Gasteiger partial charge in [0.1, 0.15) is 12.0 Å². The highest BCUT2D eigenvalue weighted by Crippen LogP contribution is 2.32. The van der Waals surface area contributed by atoms with Crippen molar-refractivity contribution < 1.29 is 24.5 Å². The molecule has 1 heterocycles. The van der Waals surface area contributed by atoms with Gasteiger partial charge >= 0.3 is 11.9 Å². The smallest absolute Gasteiger partial charge is 0.328 e. The van der Waals surface area contributed by atoms with Gasteiger partial charge in [0.15, 0.2) is 0 Å². The normalized spacial score (nSPS) is 23.2. The predicted octanol–water partition coefficient (Wildman–Crippen LogP) is 3.08. The molecule has 0 unspecified atom stereocenters. The van der Waals surface area contributed by atoms with Gasteiger partial charge in [-0.15, -0.1) is 0 Å². The molecule has 0 aromatic rings. The maximum atomic E-state index is 11.3. The Morgan fingerprint density at radius 3 is 2.57 bits per heavy atom. The molecule has 0 radical (unpaired) electrons. The van der Waals surface area contributed by atoms with Crippen LogP contribution in [0.2, 0.25) is 0 Å². The van der Waals surface area contributed by atoms with Gasteiger partial charge in [0, 0.05) is 6.08 Å². The van der Waals surface area contributed by atoms with Crippen molar-refractivity contribution in [3.05, 3.63) is 23.3 Å². The summed E-state index contributed by atoms with van der Waals surface area (Å²) in [6.45, 7) is 5.75. The molecule has 1 saturated heterocycles. The number of esters is 1. The number of ether oxygens (including phenoxy) is 1. The predicted molar refractivity (Wildman–Crippen MR) is 87.9 cm³/mol. The number of cyclic esters (lactones) is 1. The highest BCUT2D eigenvalue weighted by molar-refractivity contribution is 5.81. The average molecular weight is 324 g/mol. The fourth-order valence-electron chi connectivity index (χ4n) is 3.07. The number of aliphatic hydroxyl groups is 1. The van der Waals surface area contributed by atoms with Crippen LogP contribution in [0.1, 0.15) is 52.9 Å². The maximum Gasteiger partial charge on any atom is 0.328 e. The molecule has 5 heteroatoms. The maximum absolute atomic E-state index is 11.3. The number of rotatable bonds is 10. The van der Waals surface area contributed by atoms with E-state index in [0.29, 0.717) is 11.5 Å². The van der Waals surface area contributed by atoms with Crippen LogP contribution in [0.25, 0.3) is 0 Å². The second-order valence-electron chi connectivity index (χ2n) is 6.43. The molecule has 5 nitrogen and oxygen atoms in total. The summed E-state index contributed by atoms with van der Waals surface area (Å²) >= 11 is 0. The van der Waals surface area contributed by atoms with E-state index in [2.05, 4.69) is 6.92 Å². The first-order valence-corrected chi connectivity index (χ1v) is 8.27. The van der Waals surface area contributed by atoms with Crippen LogP contribution in [0.5, 0.6) is 0 Å². The lowest BCUT2D eigenvalue weighted by atomic mass is 9.83. The van der Waals surface area contributed by atoms with E-state index in [9.17, 15) is 14.7 Å². The summed E-state index contributed by atoms with van der Waals surface area (Å²) in [6.07, 6.45) is 7.75. The minimum absolute atomic E-state index is 0.153. The molecule has 3 atom stereocenters. The van der Waals surface area contributed by atoms with Gasteiger partial charge in [0.25, 0.3) is 0 Å². The topological polar surface area (TPSA) is 83.8 Å². The van der Waals surface area contributed by atoms with E-state index >= 15 is 0 Å². The van der Waals surface area contributed by atoms with E-state index in [-0.39, 0.29) is 24.6 Å². The lowest BCUT2D eigenvalue weighted by molar-refractivity contribution is -0.190. The molecule has 0 amide bonds. The van der Waals surface area contributed by atoms with Crippen LogP contribution < -0.4 is 0 Å². The zero-order valence-corrected chi connectivity index (χ0v) is 14.2. The van der Waals surface area contributed by atoms with Crippen molar-refractivity contribution in [1.29, 1.82) is 0 Å². The molecular formula is C18H28O5. The molecule has 0 aliphatic carbocycles. The zero-order chi connectivity index (χ0) is 17.4. The SMILES string of the molecule is CCCC[C@H](C/C(C)=C/C(C)=C/C(=O)O)C[C@H]1OC(=O)[C@@H]1CO. The Morgan fingerprint density at radius 2 is 2.04 bits per heavy atom. The van der Waals surface area contributed by atoms with Gasteiger partial charge in [-0.25, -0.2) is 4.79 Å². The van der Waals surface area contributed by atoms with E-state index in [1.165, 1.54) is 6.08 Å². The molecule has 0 spiro atoms. The highest BCUT2D eigenvalue weighted by Gasteiger charge is 2.42. The van der Waals surface area contributed by atoms with Crippen molar-refractivity contribution in [1.82, 2.24) is 0 Å². The van der Waals surface area contributed by atoms with Crippen LogP contribution in [0.15, 0.2) is 23.3 Å². The second-order valence-corrected chi connectivity index (χ2v) is 6.43. The summed E-state index contributed by atoms with van der Waals surface area (Å²) in [6, 6.07) is 0. The number of carbonyl (C=O) groups is 2. The molecule has 23 heavy (non-hydrogen) atoms. The third kappa shape index (κ3) is 6.57. The Balaban J connectivity index is 2.65. The fraction of sp³-hybridized carbons (Fsp3) is 0.667. The Morgan fingerprint density at radius 1 is 1.35 bits per heavy atom. The molecular weight excluding hydrogens is 296 g/mol. The summed E-state index contributed by atoms with van der Waals surface area (Å²) < 4.78 is 5.16. The molecule has 1 fully saturated rings. The molecule has 2 N–H and O–H groups in total. The number of carbonyl (C=O) groups excluding carboxylic acids is 1. The van der Waals surface area contributed by atoms with E-state index in [1.54, 1.807) is 6.92 Å². The Hall–Kier alpha value is -1.62. The van der Waals surface area contributed by atoms with Crippen molar-refractivity contribution in [3.63, 3.8) is 0 Å². The van der Waals surface area contributed by atoms with Crippen molar-refractivity contribution in [3.8, 4) is 0 Å². The Bertz CT molecular complexity index is 478. The third-order valence-electron chi connectivity index (χ3n) is 4.18. The molecule has 0 aromatic heterocycles. The van der Waals surface area contributed by atoms with Crippen LogP contribution in [0.3, 0.4) is 0 Å². The van der Waals surface area contributed by atoms with E-state index in [4.69, 9.17) is 9.84 Å². The summed E-state index contributed by atoms with van der Waals surface area (Å²) in [5.74, 6) is -1.26. The third-order valence-corrected chi connectivity index (χ3v) is 4.18. The number of carboxylic acids is 1. The molecule has 1 aliphatic rings. The van der Waals surface area contributed by atoms with Crippen molar-refractivity contribution in [2.75, 3.05) is 6.61 Å². The van der Waals surface area contributed by atoms with Crippen LogP contribution in [0.4, 0.5) is 0 Å². The van der Waals surface area contributed by atoms with Gasteiger partial charge < -0.3 is 14.9 Å². The van der Waals surface area contributed by atoms with Crippen molar-refractivity contribution in [2.24, 2.45) is 11.8 Å². The second kappa shape index (κ2) is 9.50. The van der Waals surface area contributed by atoms with Gasteiger partial charge in [-0.1, -0.05) is 37.8 Å². The fourth-order valence-corrected chi connectivity index (χ4v) is 3.07. The van der Waals surface area contributed by atoms with Crippen molar-refractivity contribution >= 4 is 11.9 Å². The molecule has 1 aliphatic heterocycles. The lowest BCUT2D eigenvalue weighted by Gasteiger charge is -2.36. The summed E-state index contributed by atoms with van der Waals surface area (Å²) in [5.41, 5.74) is 1.83. The van der Waals surface area contributed by atoms with Crippen molar-refractivity contribution in [2.45, 2.75) is 59.0 Å². The molecule has 130 valence electrons. The molecule has 0 bridgehead atoms. The summed E-state index contributed by atoms with van der Waals surface area (Å²) in [4.78, 5) is 22.0. The van der Waals surface area contributed by atoms with Crippen LogP contribution in [-0.2, 0) is 14.3 Å². The van der Waals surface area contributed by atoms with E-state index in [0.717, 1.165) is 37.7 Å². The number of carboxylic acid groups (broad SMARTS) is 1. The number of aliphatic hydroxyl groups excluding tert-OH is 1. The minimum Gasteiger partial charge on any atom is -0.478 e. The van der Waals surface area contributed by atoms with Crippen LogP contribution >= 0.6 is 0 Å². The van der Waals surface area contributed by atoms with Gasteiger partial charge in [0.2, 0.25) is 0 Å². The largest absolute Gasteiger partial charge is 0.478 e. The first kappa shape index (κ1) is 19.4. The van der Waals surface area contributed by atoms with Crippen LogP contribution in [-0.4, -0.2) is 34.9 Å². The first-order chi connectivity index (χ1) is 10.9. The number of hydrogen-bond acceptors (Lipinski definition) is 4. The highest BCUT2D eigenvalue weighted by atomic mass is 16.6. The minimum atomic E-state index is -0.943. The zero-order valence-electron chi connectivity index (χ0n) is 14.2. The number of hydrogen-bond donors (Lipinski definition) is 2. The molecule has 0 aromatic carbocycles. The monoisotopic (exact) mass is 324 g/mol. The van der Waals surface area contributed by atoms with Gasteiger partial charge in [-0.3, -0.25) is 4.79 Å². The standard InChI is InChI=1S/C18H28O5/c1-4-5-6-14(10-16-15(11-19)18(22)23-16)8-12(2)7-13(3)9-17(20)21/h7,9,14-16,19H,4-6,8,10-11H2,1-3H3,(H,20,21)/b12-7+,13-9+/t14-,15-,16-/m1/s1. The summed E-state index contributed by atoms with van der Waals surface area (Å²) in [5, 5.41) is 18.0. The van der Waals surface area contributed by atoms with Gasteiger partial charge in [-0.05, 0) is 38.2 Å². The molecule has 1 rings (SSSR count). The summed E-state index contributed by atoms with van der Waals surface area (Å²) in [7, 11) is 0. The first-order valence-electron chi connectivity index (χ1n) is 8.27. The van der Waals surface area contributed by atoms with E-state index in [1.807, 2.05) is 13.0 Å². The van der Waals surface area contributed by atoms with Crippen LogP contribution in [0, 0.1) is 11.8 Å². The van der Waals surface area contributed by atoms with Gasteiger partial charge in [0.05, 0.1) is 6.61 Å². The lowest BCUT2D eigenvalue weighted by Crippen LogP contribution is -2.48. The molecule has 0 saturated carbocycles. The number of allylic oxidation sites excluding steroid dienone is 3. The average Bonchev–Trinajstić information content (AvgIpc) is 2.43. The van der Waals surface area contributed by atoms with Gasteiger partial charge in [-0.2, -0.15) is 0 Å². The Labute approximate surface area is 138 Å². The van der Waals surface area contributed by atoms with E-state index < -0.39 is 5.97 Å². The number of aliphatic carboxylic acids is 1. The number of unbranched alkanes of at least 4 members (excludes halogenated alkanes) is 1.